The fourth-order valence-electron chi connectivity index (χ4n) is 15.8. The number of Topliss-reactive ketones (excluding diaryl/α,β-unsaturated/α-hetero) is 1. The van der Waals surface area contributed by atoms with Crippen LogP contribution in [0.2, 0.25) is 0 Å². The first-order chi connectivity index (χ1) is 68.5. The Morgan fingerprint density at radius 3 is 1.20 bits per heavy atom. The van der Waals surface area contributed by atoms with Gasteiger partial charge in [-0.3, -0.25) is 68.1 Å². The fraction of sp³-hybridized carbons (Fsp3) is 0.422. The van der Waals surface area contributed by atoms with E-state index < -0.39 is 65.8 Å². The van der Waals surface area contributed by atoms with Crippen LogP contribution in [0.4, 0.5) is 9.59 Å². The molecule has 2 aromatic heterocycles. The Balaban J connectivity index is 0.000000850. The van der Waals surface area contributed by atoms with Crippen molar-refractivity contribution in [2.75, 3.05) is 93.8 Å². The summed E-state index contributed by atoms with van der Waals surface area (Å²) in [7, 11) is 8.22. The van der Waals surface area contributed by atoms with Crippen molar-refractivity contribution in [2.24, 2.45) is 5.92 Å². The minimum atomic E-state index is -1.10. The number of carbonyl (C=O) groups excluding carboxylic acids is 10. The van der Waals surface area contributed by atoms with Gasteiger partial charge in [-0.25, -0.2) is 44.1 Å². The number of amides is 2. The molecule has 0 radical (unpaired) electrons. The van der Waals surface area contributed by atoms with E-state index in [2.05, 4.69) is 105 Å². The van der Waals surface area contributed by atoms with Gasteiger partial charge in [-0.05, 0) is 88.6 Å². The van der Waals surface area contributed by atoms with Crippen molar-refractivity contribution < 1.29 is 107 Å². The summed E-state index contributed by atoms with van der Waals surface area (Å²) >= 11 is 3.10. The Labute approximate surface area is 890 Å². The van der Waals surface area contributed by atoms with Gasteiger partial charge in [0.05, 0.1) is 110 Å². The summed E-state index contributed by atoms with van der Waals surface area (Å²) in [6.07, 6.45) is 6.45. The minimum absolute atomic E-state index is 0. The van der Waals surface area contributed by atoms with Gasteiger partial charge >= 0.3 is 59.9 Å². The van der Waals surface area contributed by atoms with Crippen molar-refractivity contribution >= 4 is 113 Å². The molecule has 39 heteroatoms. The second-order valence-electron chi connectivity index (χ2n) is 35.5. The first-order valence-corrected chi connectivity index (χ1v) is 47.3. The molecule has 12 atom stereocenters. The maximum atomic E-state index is 12.3. The number of esters is 6. The second kappa shape index (κ2) is 67.7. The maximum Gasteiger partial charge on any atom is 0.411 e. The molecule has 0 aliphatic carbocycles. The van der Waals surface area contributed by atoms with Crippen molar-refractivity contribution in [3.8, 4) is 22.5 Å². The molecule has 0 bridgehead atoms. The number of rotatable bonds is 22. The Kier molecular flexibility index (Phi) is 59.4. The number of hydrogen-bond acceptors (Lipinski definition) is 27. The fourth-order valence-corrected chi connectivity index (χ4v) is 16.1. The quantitative estimate of drug-likeness (QED) is 0.00827. The summed E-state index contributed by atoms with van der Waals surface area (Å²) in [4.78, 5) is 168. The van der Waals surface area contributed by atoms with Crippen molar-refractivity contribution in [1.82, 2.24) is 55.5 Å². The number of nitrogens with zero attached hydrogens (tertiary/aromatic N) is 9. The van der Waals surface area contributed by atoms with Gasteiger partial charge in [-0.15, -0.1) is 24.8 Å². The number of aromatic amines is 2. The van der Waals surface area contributed by atoms with E-state index in [0.717, 1.165) is 82.3 Å². The molecule has 6 aliphatic heterocycles. The molecule has 6 saturated heterocycles. The van der Waals surface area contributed by atoms with Crippen LogP contribution in [0.1, 0.15) is 165 Å². The molecule has 148 heavy (non-hydrogen) atoms. The van der Waals surface area contributed by atoms with E-state index in [4.69, 9.17) is 58.4 Å². The molecule has 0 saturated carbocycles. The average molecular weight is 2150 g/mol. The van der Waals surface area contributed by atoms with Crippen LogP contribution in [0, 0.1) is 25.6 Å². The molecule has 2 amide bonds. The third-order valence-electron chi connectivity index (χ3n) is 22.9. The number of likely N-dealkylation sites (tertiary alicyclic amines) is 4. The molecule has 15 rings (SSSR count). The highest BCUT2D eigenvalue weighted by molar-refractivity contribution is 9.09. The molecular formula is C109H143BrCl2N14O22. The van der Waals surface area contributed by atoms with E-state index in [1.54, 1.807) is 53.7 Å². The summed E-state index contributed by atoms with van der Waals surface area (Å²) in [5, 5.41) is 25.8. The molecule has 6 fully saturated rings. The zero-order chi connectivity index (χ0) is 105. The Morgan fingerprint density at radius 1 is 0.446 bits per heavy atom. The number of carbonyl (C=O) groups is 12. The lowest BCUT2D eigenvalue weighted by Gasteiger charge is -2.26. The number of alkyl halides is 1. The standard InChI is InChI=1S/C22H23N3O2.C15H17N3O2.C14H16N2O2.C14H17NO4.C12H18N2O4.C8H7BrO.C7H10N2O2.C7H13NO4.C7H6O.3CH4.2ClH.H2/c1-27-22(26)20-12-18(15-25(20)14-16-8-4-2-5-9-16)21-23-13-19(24-21)17-10-6-3-7-11-17;1-20-15(19)12-7-11(8-16-12)14-17-9-13(18-14)10-5-3-2-4-6-10;1-15-12-8-13(14(17)18-2)16(10-12)9-11-6-4-3-5-7-11;1-19-14(18)12-7-11(13(16)17)9-15(12)8-10-5-3-2-4-6-10;1-12(2,3)18-11(16)14-7-8(13-4)6-9(14)10(15)17-5;9-6-8(10)7-4-2-1-3-5-7;1-8-5-3-6(9-4-5)7(10)11-2;1-7(2,3)12-6(11)8-4-5(9)10;8-6-7-4-2-1-3-5-7;;;;;;/h2-11,13,18,20H,12,14-15H2,1H3,(H,23,24);2-6,9,11-12,16H,7-8H2,1H3,(H,17,18);3-7,12-13H,8-10H2,2H3;2-6,11-12H,7-9H2,1H3,(H,16,17);8-9H,6-7H2,1-3,5H3;1-5H,6H2;5-6,9H,3-4H2,2H3;4H2,1-3H3,(H,8,11)(H,9,10);1-6H;3*1H4;3*1H/t18-,20+;11-,12+;12-,13+;11-,12+;8-,9+;;5-,6+;;;;;;;;/m11111.1......../s1. The maximum absolute atomic E-state index is 12.3. The Hall–Kier alpha value is -14.1. The number of aliphatic carboxylic acids is 2. The van der Waals surface area contributed by atoms with Gasteiger partial charge in [0.1, 0.15) is 78.5 Å². The number of H-pyrrole nitrogens is 2. The number of alkyl carbamates (subject to hydrolysis) is 1. The first kappa shape index (κ1) is 130. The third-order valence-corrected chi connectivity index (χ3v) is 23.4. The molecule has 0 spiro atoms. The van der Waals surface area contributed by atoms with Gasteiger partial charge < -0.3 is 83.2 Å². The molecule has 802 valence electrons. The van der Waals surface area contributed by atoms with E-state index in [-0.39, 0.29) is 145 Å². The number of nitrogens with one attached hydrogen (secondary N) is 5. The number of hydrogen-bond donors (Lipinski definition) is 7. The molecule has 8 heterocycles. The van der Waals surface area contributed by atoms with Crippen molar-refractivity contribution in [2.45, 2.75) is 199 Å². The van der Waals surface area contributed by atoms with E-state index in [0.29, 0.717) is 76.6 Å². The smallest absolute Gasteiger partial charge is 0.411 e. The lowest BCUT2D eigenvalue weighted by atomic mass is 10.1. The number of ketones is 1. The Morgan fingerprint density at radius 2 is 0.811 bits per heavy atom. The third kappa shape index (κ3) is 43.9. The van der Waals surface area contributed by atoms with Crippen LogP contribution in [0.15, 0.2) is 225 Å². The predicted molar refractivity (Wildman–Crippen MR) is 573 cm³/mol. The van der Waals surface area contributed by atoms with E-state index in [1.165, 1.54) is 53.1 Å². The molecule has 9 aromatic rings. The van der Waals surface area contributed by atoms with Crippen molar-refractivity contribution in [3.05, 3.63) is 298 Å². The number of benzene rings is 7. The molecule has 36 nitrogen and oxygen atoms in total. The summed E-state index contributed by atoms with van der Waals surface area (Å²) in [5.74, 6) is -1.85. The van der Waals surface area contributed by atoms with Crippen LogP contribution in [0.25, 0.3) is 37.0 Å². The molecule has 0 unspecified atom stereocenters. The zero-order valence-electron chi connectivity index (χ0n) is 83.2. The topological polar surface area (TPSA) is 439 Å². The minimum Gasteiger partial charge on any atom is -0.481 e. The highest BCUT2D eigenvalue weighted by Gasteiger charge is 2.47. The number of halogens is 3. The van der Waals surface area contributed by atoms with E-state index >= 15 is 0 Å². The number of ether oxygens (including phenoxy) is 8. The van der Waals surface area contributed by atoms with Crippen LogP contribution in [-0.2, 0) is 95.9 Å². The SMILES string of the molecule is C.C.C.CC(C)(C)OC(=O)NCC(=O)O.COC(=O)[C@@H]1C[C@@H](C(=O)O)CN1Cc1ccccc1.COC(=O)[C@@H]1C[C@@H](c2ncc(-c3ccccc3)[nH]2)CN1.COC(=O)[C@@H]1C[C@@H](c2ncc(-c3ccccc3)[nH]2)CN1Cc1ccccc1.Cl.Cl.O=C(CBr)c1ccccc1.O=Cc1ccccc1.[C-]#[N+][C@@H]1C[C@@H](C(=O)OC)N(C(=O)OC(C)(C)C)C1.[C-]#[N+][C@@H]1C[C@@H](C(=O)OC)N(Cc2ccccc2)C1.[C-]#[N+][C@H]1CN[C@H](C(=O)OC)C1.[HH]. The number of carboxylic acids is 2. The van der Waals surface area contributed by atoms with E-state index in [1.807, 2.05) is 198 Å². The number of aromatic nitrogens is 4. The second-order valence-corrected chi connectivity index (χ2v) is 36.1. The molecule has 6 aliphatic rings. The highest BCUT2D eigenvalue weighted by atomic mass is 79.9. The van der Waals surface area contributed by atoms with Gasteiger partial charge in [0, 0.05) is 63.7 Å². The zero-order valence-corrected chi connectivity index (χ0v) is 86.4. The van der Waals surface area contributed by atoms with E-state index in [9.17, 15) is 57.5 Å². The van der Waals surface area contributed by atoms with Gasteiger partial charge in [0.2, 0.25) is 18.1 Å². The van der Waals surface area contributed by atoms with Gasteiger partial charge in [0.25, 0.3) is 0 Å². The monoisotopic (exact) mass is 2150 g/mol. The number of carboxylic acid groups (broad SMARTS) is 2. The largest absolute Gasteiger partial charge is 0.481 e. The van der Waals surface area contributed by atoms with Gasteiger partial charge in [-0.2, -0.15) is 0 Å². The van der Waals surface area contributed by atoms with Crippen molar-refractivity contribution in [1.29, 1.82) is 0 Å². The van der Waals surface area contributed by atoms with Crippen LogP contribution in [0.5, 0.6) is 0 Å². The lowest BCUT2D eigenvalue weighted by Crippen LogP contribution is -2.43. The summed E-state index contributed by atoms with van der Waals surface area (Å²) in [5.41, 5.74) is 7.89. The highest BCUT2D eigenvalue weighted by Crippen LogP contribution is 2.35. The number of imidazole rings is 2. The average Bonchev–Trinajstić information content (AvgIpc) is 1.65. The Bertz CT molecular complexity index is 5670. The van der Waals surface area contributed by atoms with Crippen LogP contribution in [-0.4, -0.2) is 281 Å². The van der Waals surface area contributed by atoms with Gasteiger partial charge in [-0.1, -0.05) is 251 Å². The molecular weight excluding hydrogens is 2010 g/mol. The molecule has 7 N–H and O–H groups in total. The summed E-state index contributed by atoms with van der Waals surface area (Å²) in [6, 6.07) is 65.7. The van der Waals surface area contributed by atoms with Crippen LogP contribution >= 0.6 is 40.7 Å². The summed E-state index contributed by atoms with van der Waals surface area (Å²) < 4.78 is 38.5. The first-order valence-electron chi connectivity index (χ1n) is 46.2. The van der Waals surface area contributed by atoms with Crippen LogP contribution < -0.4 is 16.0 Å². The normalized spacial score (nSPS) is 19.4. The van der Waals surface area contributed by atoms with Crippen LogP contribution in [0.3, 0.4) is 0 Å². The van der Waals surface area contributed by atoms with Crippen molar-refractivity contribution in [3.63, 3.8) is 0 Å². The van der Waals surface area contributed by atoms with Gasteiger partial charge in [0.15, 0.2) is 5.78 Å². The summed E-state index contributed by atoms with van der Waals surface area (Å²) in [6.45, 7) is 36.1. The number of methoxy groups -OCH3 is 6. The number of aldehydes is 1. The lowest BCUT2D eigenvalue weighted by molar-refractivity contribution is -0.147. The predicted octanol–water partition coefficient (Wildman–Crippen LogP) is 16.8. The molecule has 7 aromatic carbocycles.